The molecule has 39 heavy (non-hydrogen) atoms. The third-order valence-corrected chi connectivity index (χ3v) is 7.26. The second-order valence-electron chi connectivity index (χ2n) is 11.2. The van der Waals surface area contributed by atoms with Gasteiger partial charge in [-0.1, -0.05) is 57.6 Å². The molecule has 1 saturated heterocycles. The minimum absolute atomic E-state index is 0.0248. The van der Waals surface area contributed by atoms with Crippen LogP contribution in [0.25, 0.3) is 0 Å². The van der Waals surface area contributed by atoms with Gasteiger partial charge in [0.25, 0.3) is 0 Å². The molecule has 1 N–H and O–H groups in total. The van der Waals surface area contributed by atoms with E-state index in [1.807, 2.05) is 21.1 Å². The van der Waals surface area contributed by atoms with Crippen molar-refractivity contribution in [2.24, 2.45) is 0 Å². The van der Waals surface area contributed by atoms with Crippen molar-refractivity contribution in [3.05, 3.63) is 12.2 Å². The smallest absolute Gasteiger partial charge is 0.462 e. The molecular formula is C28H53NO9P+. The molecule has 0 radical (unpaired) electrons. The predicted octanol–water partition coefficient (Wildman–Crippen LogP) is 5.33. The van der Waals surface area contributed by atoms with Crippen LogP contribution in [0, 0.1) is 0 Å². The summed E-state index contributed by atoms with van der Waals surface area (Å²) in [4.78, 5) is 33.3. The molecular weight excluding hydrogens is 525 g/mol. The maximum atomic E-state index is 12.3. The van der Waals surface area contributed by atoms with Crippen molar-refractivity contribution in [3.63, 3.8) is 0 Å². The highest BCUT2D eigenvalue weighted by Crippen LogP contribution is 2.43. The average molecular weight is 579 g/mol. The maximum Gasteiger partial charge on any atom is 0.472 e. The Kier molecular flexibility index (Phi) is 18.1. The van der Waals surface area contributed by atoms with Crippen molar-refractivity contribution < 1.29 is 46.8 Å². The second-order valence-corrected chi connectivity index (χ2v) is 12.7. The fourth-order valence-corrected chi connectivity index (χ4v) is 4.60. The van der Waals surface area contributed by atoms with E-state index in [2.05, 4.69) is 19.1 Å². The van der Waals surface area contributed by atoms with E-state index in [1.54, 1.807) is 0 Å². The predicted molar refractivity (Wildman–Crippen MR) is 150 cm³/mol. The minimum Gasteiger partial charge on any atom is -0.462 e. The zero-order valence-corrected chi connectivity index (χ0v) is 25.7. The Morgan fingerprint density at radius 2 is 1.69 bits per heavy atom. The number of likely N-dealkylation sites (N-methyl/N-ethyl adjacent to an activating group) is 1. The van der Waals surface area contributed by atoms with Crippen LogP contribution in [-0.4, -0.2) is 87.1 Å². The van der Waals surface area contributed by atoms with Gasteiger partial charge in [-0.25, -0.2) is 4.57 Å². The summed E-state index contributed by atoms with van der Waals surface area (Å²) in [5, 5.41) is 0. The quantitative estimate of drug-likeness (QED) is 0.0405. The lowest BCUT2D eigenvalue weighted by molar-refractivity contribution is -0.870. The highest BCUT2D eigenvalue weighted by Gasteiger charge is 2.36. The van der Waals surface area contributed by atoms with Gasteiger partial charge in [0, 0.05) is 13.3 Å². The SMILES string of the molecule is CCCCCC1OC1C/C=C\CCCCCCCC(=O)O[C@H](COC(C)=O)COP(=O)(O)OCC[N+](C)(C)C. The number of phosphoric ester groups is 1. The van der Waals surface area contributed by atoms with E-state index < -0.39 is 32.5 Å². The monoisotopic (exact) mass is 578 g/mol. The van der Waals surface area contributed by atoms with Crippen molar-refractivity contribution in [2.75, 3.05) is 47.5 Å². The standard InChI is InChI=1S/C28H52NO9P/c1-6-7-14-17-26-27(38-26)18-15-12-10-8-9-11-13-16-19-28(31)37-25(22-34-24(2)30)23-36-39(32,33)35-21-20-29(3,4)5/h12,15,25-27H,6-11,13-14,16-23H2,1-5H3/p+1/b15-12-/t25-,26?,27?/m1/s1. The van der Waals surface area contributed by atoms with Gasteiger partial charge >= 0.3 is 19.8 Å². The molecule has 0 spiro atoms. The van der Waals surface area contributed by atoms with E-state index in [-0.39, 0.29) is 19.6 Å². The Balaban J connectivity index is 2.16. The summed E-state index contributed by atoms with van der Waals surface area (Å²) < 4.78 is 38.6. The molecule has 1 aliphatic heterocycles. The first-order valence-corrected chi connectivity index (χ1v) is 16.0. The Bertz CT molecular complexity index is 769. The lowest BCUT2D eigenvalue weighted by Crippen LogP contribution is -2.37. The molecule has 3 unspecified atom stereocenters. The van der Waals surface area contributed by atoms with Gasteiger partial charge in [0.2, 0.25) is 0 Å². The van der Waals surface area contributed by atoms with Crippen LogP contribution in [0.1, 0.15) is 90.9 Å². The fourth-order valence-electron chi connectivity index (χ4n) is 3.86. The average Bonchev–Trinajstić information content (AvgIpc) is 3.59. The number of phosphoric acid groups is 1. The third kappa shape index (κ3) is 21.2. The number of quaternary nitrogens is 1. The summed E-state index contributed by atoms with van der Waals surface area (Å²) in [6.07, 6.45) is 16.5. The molecule has 1 aliphatic rings. The van der Waals surface area contributed by atoms with Gasteiger partial charge in [-0.2, -0.15) is 0 Å². The second kappa shape index (κ2) is 19.7. The minimum atomic E-state index is -4.33. The van der Waals surface area contributed by atoms with Crippen LogP contribution in [0.5, 0.6) is 0 Å². The summed E-state index contributed by atoms with van der Waals surface area (Å²) >= 11 is 0. The zero-order chi connectivity index (χ0) is 29.2. The molecule has 11 heteroatoms. The topological polar surface area (TPSA) is 121 Å². The first kappa shape index (κ1) is 35.7. The number of unbranched alkanes of at least 4 members (excludes halogenated alkanes) is 7. The van der Waals surface area contributed by atoms with Crippen LogP contribution in [0.3, 0.4) is 0 Å². The van der Waals surface area contributed by atoms with Crippen LogP contribution in [0.15, 0.2) is 12.2 Å². The molecule has 0 aromatic rings. The van der Waals surface area contributed by atoms with Gasteiger partial charge in [-0.3, -0.25) is 18.6 Å². The number of allylic oxidation sites excluding steroid dienone is 1. The van der Waals surface area contributed by atoms with Crippen LogP contribution in [0.4, 0.5) is 0 Å². The van der Waals surface area contributed by atoms with Crippen molar-refractivity contribution in [2.45, 2.75) is 109 Å². The van der Waals surface area contributed by atoms with Gasteiger partial charge in [-0.15, -0.1) is 0 Å². The van der Waals surface area contributed by atoms with E-state index in [4.69, 9.17) is 23.3 Å². The zero-order valence-electron chi connectivity index (χ0n) is 24.8. The van der Waals surface area contributed by atoms with Crippen molar-refractivity contribution in [1.82, 2.24) is 0 Å². The first-order chi connectivity index (χ1) is 18.4. The maximum absolute atomic E-state index is 12.3. The third-order valence-electron chi connectivity index (χ3n) is 6.28. The lowest BCUT2D eigenvalue weighted by Gasteiger charge is -2.24. The largest absolute Gasteiger partial charge is 0.472 e. The Morgan fingerprint density at radius 3 is 2.38 bits per heavy atom. The van der Waals surface area contributed by atoms with Gasteiger partial charge < -0.3 is 23.6 Å². The molecule has 0 amide bonds. The summed E-state index contributed by atoms with van der Waals surface area (Å²) in [7, 11) is 1.45. The van der Waals surface area contributed by atoms with E-state index in [1.165, 1.54) is 32.6 Å². The molecule has 1 fully saturated rings. The molecule has 228 valence electrons. The molecule has 4 atom stereocenters. The molecule has 1 rings (SSSR count). The van der Waals surface area contributed by atoms with Crippen molar-refractivity contribution >= 4 is 19.8 Å². The summed E-state index contributed by atoms with van der Waals surface area (Å²) in [6, 6.07) is 0. The normalized spacial score (nSPS) is 19.5. The molecule has 0 saturated carbocycles. The van der Waals surface area contributed by atoms with Crippen LogP contribution in [0.2, 0.25) is 0 Å². The van der Waals surface area contributed by atoms with E-state index in [0.29, 0.717) is 29.7 Å². The highest BCUT2D eigenvalue weighted by atomic mass is 31.2. The van der Waals surface area contributed by atoms with Gasteiger partial charge in [0.15, 0.2) is 6.10 Å². The Morgan fingerprint density at radius 1 is 0.974 bits per heavy atom. The van der Waals surface area contributed by atoms with Crippen LogP contribution in [-0.2, 0) is 37.4 Å². The van der Waals surface area contributed by atoms with Gasteiger partial charge in [0.1, 0.15) is 19.8 Å². The Hall–Kier alpha value is -1.29. The summed E-state index contributed by atoms with van der Waals surface area (Å²) in [5.74, 6) is -1.02. The van der Waals surface area contributed by atoms with Crippen LogP contribution < -0.4 is 0 Å². The number of nitrogens with zero attached hydrogens (tertiary/aromatic N) is 1. The Labute approximate surface area is 235 Å². The van der Waals surface area contributed by atoms with Crippen LogP contribution >= 0.6 is 7.82 Å². The number of epoxide rings is 1. The van der Waals surface area contributed by atoms with Crippen molar-refractivity contribution in [1.29, 1.82) is 0 Å². The summed E-state index contributed by atoms with van der Waals surface area (Å²) in [5.41, 5.74) is 0. The van der Waals surface area contributed by atoms with E-state index >= 15 is 0 Å². The molecule has 0 aliphatic carbocycles. The number of ether oxygens (including phenoxy) is 3. The van der Waals surface area contributed by atoms with Gasteiger partial charge in [-0.05, 0) is 32.1 Å². The number of carbonyl (C=O) groups excluding carboxylic acids is 2. The van der Waals surface area contributed by atoms with E-state index in [0.717, 1.165) is 38.5 Å². The molecule has 0 aromatic heterocycles. The first-order valence-electron chi connectivity index (χ1n) is 14.5. The van der Waals surface area contributed by atoms with Gasteiger partial charge in [0.05, 0.1) is 40.0 Å². The highest BCUT2D eigenvalue weighted by molar-refractivity contribution is 7.47. The number of rotatable bonds is 24. The lowest BCUT2D eigenvalue weighted by atomic mass is 10.1. The molecule has 0 aromatic carbocycles. The molecule has 0 bridgehead atoms. The number of hydrogen-bond acceptors (Lipinski definition) is 8. The van der Waals surface area contributed by atoms with E-state index in [9.17, 15) is 19.0 Å². The summed E-state index contributed by atoms with van der Waals surface area (Å²) in [6.45, 7) is 3.30. The number of hydrogen-bond donors (Lipinski definition) is 1. The number of esters is 2. The molecule has 10 nitrogen and oxygen atoms in total. The fraction of sp³-hybridized carbons (Fsp3) is 0.857. The number of carbonyl (C=O) groups is 2. The molecule has 1 heterocycles. The van der Waals surface area contributed by atoms with Crippen molar-refractivity contribution in [3.8, 4) is 0 Å².